The minimum atomic E-state index is -1.30. The zero-order valence-electron chi connectivity index (χ0n) is 25.8. The third-order valence-corrected chi connectivity index (χ3v) is 10.0. The highest BCUT2D eigenvalue weighted by molar-refractivity contribution is 6.30. The summed E-state index contributed by atoms with van der Waals surface area (Å²) >= 11 is 6.18. The molecular formula is C37H38ClN3O5. The summed E-state index contributed by atoms with van der Waals surface area (Å²) in [6, 6.07) is 23.4. The number of rotatable bonds is 11. The summed E-state index contributed by atoms with van der Waals surface area (Å²) in [6.45, 7) is 9.60. The van der Waals surface area contributed by atoms with Crippen molar-refractivity contribution in [1.82, 2.24) is 4.90 Å². The highest BCUT2D eigenvalue weighted by atomic mass is 35.5. The van der Waals surface area contributed by atoms with Crippen LogP contribution in [0.4, 0.5) is 11.4 Å². The Bertz CT molecular complexity index is 1630. The zero-order chi connectivity index (χ0) is 32.6. The number of amides is 3. The van der Waals surface area contributed by atoms with E-state index in [2.05, 4.69) is 13.2 Å². The van der Waals surface area contributed by atoms with Crippen LogP contribution in [0.1, 0.15) is 31.4 Å². The molecule has 9 heteroatoms. The molecule has 3 fully saturated rings. The molecule has 3 amide bonds. The number of benzene rings is 3. The fraction of sp³-hybridized carbons (Fsp3) is 0.324. The van der Waals surface area contributed by atoms with Crippen molar-refractivity contribution < 1.29 is 24.2 Å². The van der Waals surface area contributed by atoms with Gasteiger partial charge in [0, 0.05) is 29.5 Å². The van der Waals surface area contributed by atoms with Crippen LogP contribution in [0.3, 0.4) is 0 Å². The summed E-state index contributed by atoms with van der Waals surface area (Å²) in [6.07, 6.45) is 4.16. The fourth-order valence-electron chi connectivity index (χ4n) is 7.83. The number of para-hydroxylation sites is 1. The maximum atomic E-state index is 15.0. The zero-order valence-corrected chi connectivity index (χ0v) is 26.6. The lowest BCUT2D eigenvalue weighted by Gasteiger charge is -2.39. The average molecular weight is 640 g/mol. The van der Waals surface area contributed by atoms with Crippen LogP contribution in [0.5, 0.6) is 0 Å². The average Bonchev–Trinajstić information content (AvgIpc) is 3.64. The van der Waals surface area contributed by atoms with Gasteiger partial charge < -0.3 is 24.5 Å². The molecule has 6 rings (SSSR count). The number of hydrogen-bond acceptors (Lipinski definition) is 5. The number of likely N-dealkylation sites (tertiary alicyclic amines) is 1. The Hall–Kier alpha value is -4.24. The third kappa shape index (κ3) is 5.05. The number of aliphatic hydroxyl groups excluding tert-OH is 1. The van der Waals surface area contributed by atoms with Gasteiger partial charge in [-0.2, -0.15) is 0 Å². The van der Waals surface area contributed by atoms with E-state index in [4.69, 9.17) is 16.3 Å². The van der Waals surface area contributed by atoms with Gasteiger partial charge in [0.2, 0.25) is 11.8 Å². The Morgan fingerprint density at radius 3 is 2.09 bits per heavy atom. The molecule has 2 unspecified atom stereocenters. The molecule has 8 nitrogen and oxygen atoms in total. The van der Waals surface area contributed by atoms with Crippen LogP contribution in [0, 0.1) is 11.8 Å². The first-order valence-corrected chi connectivity index (χ1v) is 15.9. The van der Waals surface area contributed by atoms with Crippen molar-refractivity contribution >= 4 is 40.7 Å². The number of carbonyl (C=O) groups excluding carboxylic acids is 3. The summed E-state index contributed by atoms with van der Waals surface area (Å²) in [5.74, 6) is -2.84. The van der Waals surface area contributed by atoms with Gasteiger partial charge in [0.1, 0.15) is 11.6 Å². The topological polar surface area (TPSA) is 90.4 Å². The van der Waals surface area contributed by atoms with Crippen molar-refractivity contribution in [3.8, 4) is 0 Å². The second kappa shape index (κ2) is 12.5. The molecule has 3 aromatic rings. The normalized spacial score (nSPS) is 26.8. The Balaban J connectivity index is 1.50. The van der Waals surface area contributed by atoms with Gasteiger partial charge in [-0.25, -0.2) is 0 Å². The van der Waals surface area contributed by atoms with Crippen LogP contribution in [-0.2, 0) is 19.1 Å². The van der Waals surface area contributed by atoms with E-state index in [-0.39, 0.29) is 30.8 Å². The van der Waals surface area contributed by atoms with E-state index in [1.807, 2.05) is 67.6 Å². The van der Waals surface area contributed by atoms with Crippen molar-refractivity contribution in [1.29, 1.82) is 0 Å². The molecule has 3 aliphatic rings. The van der Waals surface area contributed by atoms with E-state index in [0.717, 1.165) is 0 Å². The SMILES string of the molecule is C=CCN(C(=O)C1N([C@H](CO)c2ccccc2)C(=O)[C@@H]2[C@H](C(=O)N(CC=C)c3ccccc3)[C@]3(C)CCC12O3)c1ccc(Cl)cc1. The molecular weight excluding hydrogens is 602 g/mol. The van der Waals surface area contributed by atoms with Crippen molar-refractivity contribution in [3.63, 3.8) is 0 Å². The van der Waals surface area contributed by atoms with Gasteiger partial charge in [-0.1, -0.05) is 72.3 Å². The molecule has 3 saturated heterocycles. The van der Waals surface area contributed by atoms with Gasteiger partial charge >= 0.3 is 0 Å². The number of ether oxygens (including phenoxy) is 1. The van der Waals surface area contributed by atoms with Crippen molar-refractivity contribution in [2.24, 2.45) is 11.8 Å². The lowest BCUT2D eigenvalue weighted by Crippen LogP contribution is -2.57. The number of hydrogen-bond donors (Lipinski definition) is 1. The van der Waals surface area contributed by atoms with Crippen molar-refractivity contribution in [2.75, 3.05) is 29.5 Å². The van der Waals surface area contributed by atoms with Crippen LogP contribution in [0.25, 0.3) is 0 Å². The van der Waals surface area contributed by atoms with Crippen LogP contribution in [0.2, 0.25) is 5.02 Å². The molecule has 3 heterocycles. The first-order valence-electron chi connectivity index (χ1n) is 15.5. The predicted molar refractivity (Wildman–Crippen MR) is 178 cm³/mol. The van der Waals surface area contributed by atoms with Crippen LogP contribution < -0.4 is 9.80 Å². The van der Waals surface area contributed by atoms with E-state index >= 15 is 0 Å². The predicted octanol–water partition coefficient (Wildman–Crippen LogP) is 5.58. The minimum Gasteiger partial charge on any atom is -0.394 e. The van der Waals surface area contributed by atoms with Gasteiger partial charge in [0.15, 0.2) is 0 Å². The van der Waals surface area contributed by atoms with Gasteiger partial charge in [0.05, 0.1) is 30.1 Å². The van der Waals surface area contributed by atoms with Crippen LogP contribution in [-0.4, -0.2) is 64.7 Å². The van der Waals surface area contributed by atoms with E-state index < -0.39 is 41.7 Å². The Labute approximate surface area is 274 Å². The maximum Gasteiger partial charge on any atom is 0.253 e. The highest BCUT2D eigenvalue weighted by Crippen LogP contribution is 2.64. The van der Waals surface area contributed by atoms with E-state index in [9.17, 15) is 19.5 Å². The number of anilines is 2. The van der Waals surface area contributed by atoms with Gasteiger partial charge in [-0.05, 0) is 61.7 Å². The fourth-order valence-corrected chi connectivity index (χ4v) is 7.96. The first kappa shape index (κ1) is 31.7. The molecule has 0 aromatic heterocycles. The Kier molecular flexibility index (Phi) is 8.63. The maximum absolute atomic E-state index is 15.0. The summed E-state index contributed by atoms with van der Waals surface area (Å²) in [5, 5.41) is 11.4. The molecule has 1 N–H and O–H groups in total. The van der Waals surface area contributed by atoms with Gasteiger partial charge in [0.25, 0.3) is 5.91 Å². The smallest absolute Gasteiger partial charge is 0.253 e. The summed E-state index contributed by atoms with van der Waals surface area (Å²) in [7, 11) is 0. The molecule has 0 saturated carbocycles. The molecule has 1 spiro atoms. The minimum absolute atomic E-state index is 0.162. The van der Waals surface area contributed by atoms with Gasteiger partial charge in [-0.3, -0.25) is 14.4 Å². The van der Waals surface area contributed by atoms with Crippen molar-refractivity contribution in [3.05, 3.63) is 121 Å². The largest absolute Gasteiger partial charge is 0.394 e. The second-order valence-electron chi connectivity index (χ2n) is 12.4. The summed E-state index contributed by atoms with van der Waals surface area (Å²) in [5.41, 5.74) is -0.347. The van der Waals surface area contributed by atoms with E-state index in [0.29, 0.717) is 34.8 Å². The highest BCUT2D eigenvalue weighted by Gasteiger charge is 2.79. The Morgan fingerprint density at radius 1 is 0.935 bits per heavy atom. The monoisotopic (exact) mass is 639 g/mol. The van der Waals surface area contributed by atoms with Gasteiger partial charge in [-0.15, -0.1) is 13.2 Å². The number of halogens is 1. The Morgan fingerprint density at radius 2 is 1.50 bits per heavy atom. The second-order valence-corrected chi connectivity index (χ2v) is 12.8. The van der Waals surface area contributed by atoms with Crippen LogP contribution >= 0.6 is 11.6 Å². The molecule has 6 atom stereocenters. The van der Waals surface area contributed by atoms with Crippen LogP contribution in [0.15, 0.2) is 110 Å². The summed E-state index contributed by atoms with van der Waals surface area (Å²) in [4.78, 5) is 49.2. The lowest BCUT2D eigenvalue weighted by molar-refractivity contribution is -0.148. The molecule has 3 aliphatic heterocycles. The summed E-state index contributed by atoms with van der Waals surface area (Å²) < 4.78 is 6.91. The molecule has 0 radical (unpaired) electrons. The number of nitrogens with zero attached hydrogens (tertiary/aromatic N) is 3. The number of fused-ring (bicyclic) bond motifs is 1. The standard InChI is InChI=1S/C37H38ClN3O5/c1-4-22-39(27-14-10-7-11-15-27)33(43)30-31-34(44)41(29(24-42)25-12-8-6-9-13-25)32(37(31)21-20-36(30,3)46-37)35(45)40(23-5-2)28-18-16-26(38)17-19-28/h4-19,29-32,42H,1-2,20-24H2,3H3/t29-,30-,31+,32?,36+,37?/m1/s1. The quantitative estimate of drug-likeness (QED) is 0.277. The third-order valence-electron chi connectivity index (χ3n) is 9.77. The molecule has 46 heavy (non-hydrogen) atoms. The number of aliphatic hydroxyl groups is 1. The molecule has 0 aliphatic carbocycles. The lowest BCUT2D eigenvalue weighted by atomic mass is 9.66. The first-order chi connectivity index (χ1) is 22.2. The molecule has 3 aromatic carbocycles. The number of carbonyl (C=O) groups is 3. The van der Waals surface area contributed by atoms with E-state index in [1.165, 1.54) is 4.90 Å². The van der Waals surface area contributed by atoms with E-state index in [1.54, 1.807) is 46.2 Å². The molecule has 238 valence electrons. The van der Waals surface area contributed by atoms with Crippen molar-refractivity contribution in [2.45, 2.75) is 43.1 Å². The molecule has 2 bridgehead atoms.